The van der Waals surface area contributed by atoms with E-state index in [0.717, 1.165) is 19.0 Å². The van der Waals surface area contributed by atoms with Gasteiger partial charge in [0.2, 0.25) is 0 Å². The Morgan fingerprint density at radius 2 is 1.56 bits per heavy atom. The van der Waals surface area contributed by atoms with Crippen molar-refractivity contribution in [1.82, 2.24) is 4.31 Å². The summed E-state index contributed by atoms with van der Waals surface area (Å²) >= 11 is 4.36. The topological polar surface area (TPSA) is 3.24 Å². The van der Waals surface area contributed by atoms with Crippen LogP contribution in [-0.4, -0.2) is 17.4 Å². The van der Waals surface area contributed by atoms with E-state index in [0.29, 0.717) is 0 Å². The second kappa shape index (κ2) is 11.8. The zero-order chi connectivity index (χ0) is 12.2. The maximum atomic E-state index is 4.36. The first-order valence-electron chi connectivity index (χ1n) is 7.14. The third-order valence-corrected chi connectivity index (χ3v) is 3.74. The molecule has 0 bridgehead atoms. The molecule has 0 radical (unpaired) electrons. The van der Waals surface area contributed by atoms with E-state index in [2.05, 4.69) is 37.9 Å². The van der Waals surface area contributed by atoms with E-state index in [1.165, 1.54) is 51.4 Å². The van der Waals surface area contributed by atoms with Gasteiger partial charge in [-0.3, -0.25) is 4.31 Å². The van der Waals surface area contributed by atoms with Gasteiger partial charge in [0.05, 0.1) is 0 Å². The minimum absolute atomic E-state index is 0.943. The van der Waals surface area contributed by atoms with Crippen LogP contribution in [0.4, 0.5) is 0 Å². The smallest absolute Gasteiger partial charge is 0.00868 e. The van der Waals surface area contributed by atoms with E-state index in [1.54, 1.807) is 0 Å². The molecular formula is C14H31NS. The molecule has 0 fully saturated rings. The fourth-order valence-electron chi connectivity index (χ4n) is 2.11. The molecular weight excluding hydrogens is 214 g/mol. The zero-order valence-electron chi connectivity index (χ0n) is 11.5. The lowest BCUT2D eigenvalue weighted by Crippen LogP contribution is -2.12. The maximum Gasteiger partial charge on any atom is 0.00868 e. The summed E-state index contributed by atoms with van der Waals surface area (Å²) in [5.41, 5.74) is 0. The molecule has 98 valence electrons. The Morgan fingerprint density at radius 1 is 0.938 bits per heavy atom. The summed E-state index contributed by atoms with van der Waals surface area (Å²) in [6.07, 6.45) is 11.1. The van der Waals surface area contributed by atoms with Crippen LogP contribution < -0.4 is 0 Å². The molecule has 2 heteroatoms. The quantitative estimate of drug-likeness (QED) is 0.399. The Morgan fingerprint density at radius 3 is 2.19 bits per heavy atom. The van der Waals surface area contributed by atoms with Crippen molar-refractivity contribution in [2.24, 2.45) is 5.92 Å². The van der Waals surface area contributed by atoms with Crippen LogP contribution in [0, 0.1) is 5.92 Å². The Kier molecular flexibility index (Phi) is 12.0. The van der Waals surface area contributed by atoms with Gasteiger partial charge in [0, 0.05) is 13.1 Å². The monoisotopic (exact) mass is 245 g/mol. The van der Waals surface area contributed by atoms with Gasteiger partial charge in [0.1, 0.15) is 0 Å². The van der Waals surface area contributed by atoms with Crippen molar-refractivity contribution in [3.8, 4) is 0 Å². The third-order valence-electron chi connectivity index (χ3n) is 3.26. The van der Waals surface area contributed by atoms with Gasteiger partial charge >= 0.3 is 0 Å². The van der Waals surface area contributed by atoms with E-state index >= 15 is 0 Å². The second-order valence-electron chi connectivity index (χ2n) is 5.00. The molecule has 0 spiro atoms. The Balaban J connectivity index is 3.09. The average Bonchev–Trinajstić information content (AvgIpc) is 2.27. The summed E-state index contributed by atoms with van der Waals surface area (Å²) in [5, 5.41) is 0. The molecule has 0 aromatic carbocycles. The maximum absolute atomic E-state index is 4.36. The highest BCUT2D eigenvalue weighted by atomic mass is 32.1. The molecule has 0 aromatic heterocycles. The van der Waals surface area contributed by atoms with Crippen LogP contribution in [0.5, 0.6) is 0 Å². The largest absolute Gasteiger partial charge is 0.254 e. The molecule has 0 saturated carbocycles. The van der Waals surface area contributed by atoms with Gasteiger partial charge < -0.3 is 0 Å². The summed E-state index contributed by atoms with van der Waals surface area (Å²) < 4.78 is 2.10. The van der Waals surface area contributed by atoms with Crippen LogP contribution >= 0.6 is 12.8 Å². The number of hydrogen-bond donors (Lipinski definition) is 1. The van der Waals surface area contributed by atoms with E-state index < -0.39 is 0 Å². The van der Waals surface area contributed by atoms with Gasteiger partial charge in [0.15, 0.2) is 0 Å². The summed E-state index contributed by atoms with van der Waals surface area (Å²) in [5.74, 6) is 0.943. The molecule has 0 saturated heterocycles. The van der Waals surface area contributed by atoms with Gasteiger partial charge in [-0.2, -0.15) is 0 Å². The summed E-state index contributed by atoms with van der Waals surface area (Å²) in [6, 6.07) is 0. The predicted molar refractivity (Wildman–Crippen MR) is 78.0 cm³/mol. The molecule has 0 N–H and O–H groups in total. The van der Waals surface area contributed by atoms with Crippen molar-refractivity contribution in [2.75, 3.05) is 13.1 Å². The van der Waals surface area contributed by atoms with Gasteiger partial charge in [-0.1, -0.05) is 78.5 Å². The molecule has 0 aromatic rings. The standard InChI is InChI=1S/C14H31NS/c1-4-11-14(3)12-9-7-6-8-10-13-15(16)5-2/h14,16H,4-13H2,1-3H3. The molecule has 0 aliphatic rings. The lowest BCUT2D eigenvalue weighted by atomic mass is 9.98. The molecule has 1 nitrogen and oxygen atoms in total. The van der Waals surface area contributed by atoms with Crippen molar-refractivity contribution in [3.63, 3.8) is 0 Å². The van der Waals surface area contributed by atoms with Crippen molar-refractivity contribution in [3.05, 3.63) is 0 Å². The summed E-state index contributed by atoms with van der Waals surface area (Å²) in [7, 11) is 0. The number of hydrogen-bond acceptors (Lipinski definition) is 2. The SMILES string of the molecule is CCCC(C)CCCCCCCN(S)CC. The number of thiol groups is 1. The van der Waals surface area contributed by atoms with E-state index in [4.69, 9.17) is 0 Å². The van der Waals surface area contributed by atoms with E-state index in [9.17, 15) is 0 Å². The first kappa shape index (κ1) is 16.3. The Labute approximate surface area is 109 Å². The van der Waals surface area contributed by atoms with Gasteiger partial charge in [0.25, 0.3) is 0 Å². The summed E-state index contributed by atoms with van der Waals surface area (Å²) in [4.78, 5) is 0. The van der Waals surface area contributed by atoms with E-state index in [-0.39, 0.29) is 0 Å². The first-order valence-corrected chi connectivity index (χ1v) is 7.54. The Bertz CT molecular complexity index is 139. The van der Waals surface area contributed by atoms with Crippen LogP contribution in [0.25, 0.3) is 0 Å². The van der Waals surface area contributed by atoms with Crippen molar-refractivity contribution in [1.29, 1.82) is 0 Å². The van der Waals surface area contributed by atoms with E-state index in [1.807, 2.05) is 0 Å². The van der Waals surface area contributed by atoms with Crippen LogP contribution in [0.1, 0.15) is 72.1 Å². The second-order valence-corrected chi connectivity index (χ2v) is 5.56. The number of rotatable bonds is 11. The van der Waals surface area contributed by atoms with Crippen LogP contribution in [0.2, 0.25) is 0 Å². The molecule has 0 aliphatic carbocycles. The number of unbranched alkanes of at least 4 members (excludes halogenated alkanes) is 4. The van der Waals surface area contributed by atoms with Crippen molar-refractivity contribution >= 4 is 12.8 Å². The molecule has 16 heavy (non-hydrogen) atoms. The lowest BCUT2D eigenvalue weighted by Gasteiger charge is -2.12. The fraction of sp³-hybridized carbons (Fsp3) is 1.00. The predicted octanol–water partition coefficient (Wildman–Crippen LogP) is 4.93. The van der Waals surface area contributed by atoms with Crippen molar-refractivity contribution < 1.29 is 0 Å². The lowest BCUT2D eigenvalue weighted by molar-refractivity contribution is 0.439. The molecule has 0 rings (SSSR count). The molecule has 1 unspecified atom stereocenters. The first-order chi connectivity index (χ1) is 7.70. The van der Waals surface area contributed by atoms with Gasteiger partial charge in [-0.05, 0) is 12.3 Å². The van der Waals surface area contributed by atoms with Gasteiger partial charge in [-0.25, -0.2) is 0 Å². The van der Waals surface area contributed by atoms with Crippen LogP contribution in [0.15, 0.2) is 0 Å². The third kappa shape index (κ3) is 10.8. The molecule has 0 heterocycles. The number of nitrogens with zero attached hydrogens (tertiary/aromatic N) is 1. The van der Waals surface area contributed by atoms with Crippen LogP contribution in [-0.2, 0) is 0 Å². The summed E-state index contributed by atoms with van der Waals surface area (Å²) in [6.45, 7) is 9.03. The minimum Gasteiger partial charge on any atom is -0.254 e. The van der Waals surface area contributed by atoms with Crippen molar-refractivity contribution in [2.45, 2.75) is 72.1 Å². The Hall–Kier alpha value is 0.310. The molecule has 0 aliphatic heterocycles. The average molecular weight is 245 g/mol. The zero-order valence-corrected chi connectivity index (χ0v) is 12.4. The minimum atomic E-state index is 0.943. The normalized spacial score (nSPS) is 13.3. The highest BCUT2D eigenvalue weighted by Gasteiger charge is 2.00. The highest BCUT2D eigenvalue weighted by Crippen LogP contribution is 2.15. The van der Waals surface area contributed by atoms with Gasteiger partial charge in [-0.15, -0.1) is 0 Å². The molecule has 0 amide bonds. The van der Waals surface area contributed by atoms with Crippen LogP contribution in [0.3, 0.4) is 0 Å². The highest BCUT2D eigenvalue weighted by molar-refractivity contribution is 7.77. The fourth-order valence-corrected chi connectivity index (χ4v) is 2.25. The molecule has 1 atom stereocenters.